The predicted octanol–water partition coefficient (Wildman–Crippen LogP) is 3.70. The minimum absolute atomic E-state index is 0.223. The van der Waals surface area contributed by atoms with Crippen LogP contribution in [0.1, 0.15) is 19.4 Å². The monoisotopic (exact) mass is 354 g/mol. The zero-order valence-electron chi connectivity index (χ0n) is 15.0. The standard InChI is InChI=1S/C20H22N2O4/c1-4-26-18-8-6-5-7-15(18)9-12-20(24)22-16-10-11-19(25-3)17(13-16)21-14(2)23/h5-13H,4H2,1-3H3,(H,21,23)(H,22,24)/b12-9+. The van der Waals surface area contributed by atoms with E-state index in [1.54, 1.807) is 24.3 Å². The third-order valence-electron chi connectivity index (χ3n) is 3.41. The Morgan fingerprint density at radius 1 is 1.08 bits per heavy atom. The molecule has 6 nitrogen and oxygen atoms in total. The summed E-state index contributed by atoms with van der Waals surface area (Å²) >= 11 is 0. The van der Waals surface area contributed by atoms with Crippen molar-refractivity contribution in [1.29, 1.82) is 0 Å². The topological polar surface area (TPSA) is 76.7 Å². The third kappa shape index (κ3) is 5.37. The van der Waals surface area contributed by atoms with Crippen molar-refractivity contribution in [2.24, 2.45) is 0 Å². The van der Waals surface area contributed by atoms with Crippen molar-refractivity contribution in [2.75, 3.05) is 24.4 Å². The van der Waals surface area contributed by atoms with Gasteiger partial charge in [-0.2, -0.15) is 0 Å². The van der Waals surface area contributed by atoms with Gasteiger partial charge in [0.1, 0.15) is 11.5 Å². The van der Waals surface area contributed by atoms with Crippen LogP contribution in [0.5, 0.6) is 11.5 Å². The Kier molecular flexibility index (Phi) is 6.79. The lowest BCUT2D eigenvalue weighted by Gasteiger charge is -2.11. The number of benzene rings is 2. The Morgan fingerprint density at radius 2 is 1.85 bits per heavy atom. The molecule has 0 saturated carbocycles. The maximum absolute atomic E-state index is 12.2. The van der Waals surface area contributed by atoms with Gasteiger partial charge in [0, 0.05) is 24.3 Å². The molecule has 0 spiro atoms. The van der Waals surface area contributed by atoms with Crippen molar-refractivity contribution in [2.45, 2.75) is 13.8 Å². The number of hydrogen-bond acceptors (Lipinski definition) is 4. The largest absolute Gasteiger partial charge is 0.495 e. The van der Waals surface area contributed by atoms with Crippen molar-refractivity contribution in [3.05, 3.63) is 54.1 Å². The van der Waals surface area contributed by atoms with Gasteiger partial charge in [0.15, 0.2) is 0 Å². The highest BCUT2D eigenvalue weighted by atomic mass is 16.5. The SMILES string of the molecule is CCOc1ccccc1/C=C/C(=O)Nc1ccc(OC)c(NC(C)=O)c1. The zero-order chi connectivity index (χ0) is 18.9. The molecule has 0 fully saturated rings. The van der Waals surface area contributed by atoms with E-state index in [4.69, 9.17) is 9.47 Å². The van der Waals surface area contributed by atoms with Crippen molar-refractivity contribution in [3.8, 4) is 11.5 Å². The number of amides is 2. The number of anilines is 2. The lowest BCUT2D eigenvalue weighted by atomic mass is 10.2. The van der Waals surface area contributed by atoms with Gasteiger partial charge in [-0.1, -0.05) is 18.2 Å². The van der Waals surface area contributed by atoms with E-state index in [1.165, 1.54) is 20.1 Å². The first-order valence-electron chi connectivity index (χ1n) is 8.20. The van der Waals surface area contributed by atoms with Crippen LogP contribution in [0.3, 0.4) is 0 Å². The van der Waals surface area contributed by atoms with Gasteiger partial charge in [-0.3, -0.25) is 9.59 Å². The van der Waals surface area contributed by atoms with E-state index in [1.807, 2.05) is 31.2 Å². The van der Waals surface area contributed by atoms with Gasteiger partial charge >= 0.3 is 0 Å². The smallest absolute Gasteiger partial charge is 0.248 e. The number of carbonyl (C=O) groups is 2. The average Bonchev–Trinajstić information content (AvgIpc) is 2.61. The number of hydrogen-bond donors (Lipinski definition) is 2. The molecule has 0 radical (unpaired) electrons. The molecule has 0 aliphatic rings. The lowest BCUT2D eigenvalue weighted by Crippen LogP contribution is -2.10. The van der Waals surface area contributed by atoms with E-state index < -0.39 is 0 Å². The van der Waals surface area contributed by atoms with Crippen molar-refractivity contribution >= 4 is 29.3 Å². The van der Waals surface area contributed by atoms with Crippen LogP contribution in [0, 0.1) is 0 Å². The lowest BCUT2D eigenvalue weighted by molar-refractivity contribution is -0.114. The van der Waals surface area contributed by atoms with Crippen molar-refractivity contribution in [1.82, 2.24) is 0 Å². The second-order valence-electron chi connectivity index (χ2n) is 5.39. The fourth-order valence-electron chi connectivity index (χ4n) is 2.33. The highest BCUT2D eigenvalue weighted by Crippen LogP contribution is 2.28. The molecule has 26 heavy (non-hydrogen) atoms. The minimum Gasteiger partial charge on any atom is -0.495 e. The summed E-state index contributed by atoms with van der Waals surface area (Å²) < 4.78 is 10.7. The highest BCUT2D eigenvalue weighted by molar-refractivity contribution is 6.02. The number of para-hydroxylation sites is 1. The summed E-state index contributed by atoms with van der Waals surface area (Å²) in [5.74, 6) is 0.713. The predicted molar refractivity (Wildman–Crippen MR) is 103 cm³/mol. The van der Waals surface area contributed by atoms with Crippen molar-refractivity contribution in [3.63, 3.8) is 0 Å². The molecule has 0 aliphatic carbocycles. The van der Waals surface area contributed by atoms with Gasteiger partial charge < -0.3 is 20.1 Å². The maximum atomic E-state index is 12.2. The zero-order valence-corrected chi connectivity index (χ0v) is 15.0. The number of carbonyl (C=O) groups excluding carboxylic acids is 2. The minimum atomic E-state index is -0.296. The molecule has 2 amide bonds. The molecule has 2 rings (SSSR count). The Morgan fingerprint density at radius 3 is 2.54 bits per heavy atom. The van der Waals surface area contributed by atoms with E-state index in [0.717, 1.165) is 11.3 Å². The number of methoxy groups -OCH3 is 1. The van der Waals surface area contributed by atoms with Crippen LogP contribution >= 0.6 is 0 Å². The number of rotatable bonds is 7. The van der Waals surface area contributed by atoms with Gasteiger partial charge in [-0.05, 0) is 37.3 Å². The van der Waals surface area contributed by atoms with Gasteiger partial charge in [-0.25, -0.2) is 0 Å². The van der Waals surface area contributed by atoms with E-state index in [9.17, 15) is 9.59 Å². The van der Waals surface area contributed by atoms with Crippen LogP contribution in [-0.4, -0.2) is 25.5 Å². The summed E-state index contributed by atoms with van der Waals surface area (Å²) in [4.78, 5) is 23.5. The quantitative estimate of drug-likeness (QED) is 0.743. The molecule has 0 bridgehead atoms. The first kappa shape index (κ1) is 19.1. The summed E-state index contributed by atoms with van der Waals surface area (Å²) in [5.41, 5.74) is 1.85. The van der Waals surface area contributed by atoms with Crippen LogP contribution in [0.25, 0.3) is 6.08 Å². The van der Waals surface area contributed by atoms with Crippen molar-refractivity contribution < 1.29 is 19.1 Å². The molecule has 0 aromatic heterocycles. The van der Waals surface area contributed by atoms with E-state index in [0.29, 0.717) is 23.7 Å². The Bertz CT molecular complexity index is 815. The number of ether oxygens (including phenoxy) is 2. The van der Waals surface area contributed by atoms with E-state index in [2.05, 4.69) is 10.6 Å². The van der Waals surface area contributed by atoms with Gasteiger partial charge in [0.25, 0.3) is 0 Å². The van der Waals surface area contributed by atoms with Crippen LogP contribution in [-0.2, 0) is 9.59 Å². The first-order valence-corrected chi connectivity index (χ1v) is 8.20. The Hall–Kier alpha value is -3.28. The second-order valence-corrected chi connectivity index (χ2v) is 5.39. The second kappa shape index (κ2) is 9.27. The molecular formula is C20H22N2O4. The van der Waals surface area contributed by atoms with Crippen LogP contribution in [0.15, 0.2) is 48.5 Å². The fourth-order valence-corrected chi connectivity index (χ4v) is 2.33. The summed E-state index contributed by atoms with van der Waals surface area (Å²) in [6.45, 7) is 3.86. The normalized spacial score (nSPS) is 10.4. The molecule has 2 aromatic carbocycles. The van der Waals surface area contributed by atoms with Crippen LogP contribution in [0.4, 0.5) is 11.4 Å². The Balaban J connectivity index is 2.11. The molecule has 2 aromatic rings. The molecule has 6 heteroatoms. The van der Waals surface area contributed by atoms with Gasteiger partial charge in [0.2, 0.25) is 11.8 Å². The third-order valence-corrected chi connectivity index (χ3v) is 3.41. The molecule has 136 valence electrons. The Labute approximate surface area is 152 Å². The maximum Gasteiger partial charge on any atom is 0.248 e. The molecule has 0 heterocycles. The summed E-state index contributed by atoms with van der Waals surface area (Å²) in [5, 5.41) is 5.42. The average molecular weight is 354 g/mol. The van der Waals surface area contributed by atoms with Gasteiger partial charge in [0.05, 0.1) is 19.4 Å². The van der Waals surface area contributed by atoms with Gasteiger partial charge in [-0.15, -0.1) is 0 Å². The van der Waals surface area contributed by atoms with Crippen LogP contribution in [0.2, 0.25) is 0 Å². The molecule has 2 N–H and O–H groups in total. The first-order chi connectivity index (χ1) is 12.5. The summed E-state index contributed by atoms with van der Waals surface area (Å²) in [7, 11) is 1.51. The molecule has 0 aliphatic heterocycles. The molecule has 0 atom stereocenters. The highest BCUT2D eigenvalue weighted by Gasteiger charge is 2.07. The van der Waals surface area contributed by atoms with E-state index in [-0.39, 0.29) is 11.8 Å². The molecule has 0 unspecified atom stereocenters. The number of nitrogens with one attached hydrogen (secondary N) is 2. The van der Waals surface area contributed by atoms with E-state index >= 15 is 0 Å². The molecule has 0 saturated heterocycles. The molecular weight excluding hydrogens is 332 g/mol. The summed E-state index contributed by atoms with van der Waals surface area (Å²) in [6.07, 6.45) is 3.12. The fraction of sp³-hybridized carbons (Fsp3) is 0.200. The van der Waals surface area contributed by atoms with Crippen LogP contribution < -0.4 is 20.1 Å². The summed E-state index contributed by atoms with van der Waals surface area (Å²) in [6, 6.07) is 12.5.